The Morgan fingerprint density at radius 2 is 2.22 bits per heavy atom. The van der Waals surface area contributed by atoms with E-state index in [0.29, 0.717) is 12.0 Å². The Labute approximate surface area is 125 Å². The second kappa shape index (κ2) is 5.74. The summed E-state index contributed by atoms with van der Waals surface area (Å²) in [5.74, 6) is 0.705. The Morgan fingerprint density at radius 3 is 2.89 bits per heavy atom. The van der Waals surface area contributed by atoms with Crippen molar-refractivity contribution in [3.8, 4) is 0 Å². The molecule has 0 N–H and O–H groups in total. The van der Waals surface area contributed by atoms with Crippen LogP contribution in [0.2, 0.25) is 0 Å². The summed E-state index contributed by atoms with van der Waals surface area (Å²) in [6.45, 7) is 5.08. The van der Waals surface area contributed by atoms with Crippen LogP contribution in [-0.2, 0) is 0 Å². The predicted octanol–water partition coefficient (Wildman–Crippen LogP) is 4.00. The van der Waals surface area contributed by atoms with Crippen LogP contribution in [0.1, 0.15) is 29.3 Å². The molecule has 2 nitrogen and oxygen atoms in total. The summed E-state index contributed by atoms with van der Waals surface area (Å²) in [5, 5.41) is 0.851. The summed E-state index contributed by atoms with van der Waals surface area (Å²) >= 11 is 7.00. The molecule has 98 valence electrons. The number of nitrogens with zero attached hydrogens (tertiary/aromatic N) is 1. The molecule has 0 spiro atoms. The second-order valence-corrected chi connectivity index (χ2v) is 6.47. The van der Waals surface area contributed by atoms with Crippen molar-refractivity contribution in [1.82, 2.24) is 4.90 Å². The van der Waals surface area contributed by atoms with Crippen molar-refractivity contribution >= 4 is 37.8 Å². The van der Waals surface area contributed by atoms with Gasteiger partial charge in [0, 0.05) is 22.4 Å². The summed E-state index contributed by atoms with van der Waals surface area (Å²) in [5.41, 5.74) is 1.89. The molecule has 18 heavy (non-hydrogen) atoms. The summed E-state index contributed by atoms with van der Waals surface area (Å²) in [6, 6.07) is 6.23. The Hall–Kier alpha value is -0.350. The summed E-state index contributed by atoms with van der Waals surface area (Å²) < 4.78 is 0.881. The number of benzene rings is 1. The third-order valence-corrected chi connectivity index (χ3v) is 5.01. The second-order valence-electron chi connectivity index (χ2n) is 4.97. The van der Waals surface area contributed by atoms with Gasteiger partial charge in [-0.2, -0.15) is 0 Å². The van der Waals surface area contributed by atoms with Gasteiger partial charge in [-0.1, -0.05) is 34.5 Å². The van der Waals surface area contributed by atoms with E-state index in [1.807, 2.05) is 30.0 Å². The lowest BCUT2D eigenvalue weighted by atomic mass is 10.0. The van der Waals surface area contributed by atoms with Crippen LogP contribution in [0, 0.1) is 12.8 Å². The zero-order valence-electron chi connectivity index (χ0n) is 10.6. The highest BCUT2D eigenvalue weighted by atomic mass is 79.9. The van der Waals surface area contributed by atoms with Gasteiger partial charge in [-0.05, 0) is 47.3 Å². The number of likely N-dealkylation sites (tertiary alicyclic amines) is 1. The molecule has 1 aromatic carbocycles. The molecule has 0 saturated carbocycles. The van der Waals surface area contributed by atoms with E-state index in [-0.39, 0.29) is 5.91 Å². The zero-order chi connectivity index (χ0) is 13.3. The van der Waals surface area contributed by atoms with Crippen molar-refractivity contribution < 1.29 is 4.79 Å². The molecule has 1 saturated heterocycles. The minimum atomic E-state index is 0.138. The van der Waals surface area contributed by atoms with Crippen LogP contribution in [-0.4, -0.2) is 28.7 Å². The van der Waals surface area contributed by atoms with Gasteiger partial charge in [-0.3, -0.25) is 4.79 Å². The van der Waals surface area contributed by atoms with Crippen molar-refractivity contribution in [3.05, 3.63) is 33.8 Å². The average molecular weight is 375 g/mol. The fourth-order valence-electron chi connectivity index (χ4n) is 2.45. The molecule has 0 aliphatic carbocycles. The average Bonchev–Trinajstić information content (AvgIpc) is 2.72. The molecule has 1 fully saturated rings. The molecule has 0 bridgehead atoms. The van der Waals surface area contributed by atoms with E-state index in [2.05, 4.69) is 38.8 Å². The molecule has 1 amide bonds. The van der Waals surface area contributed by atoms with Crippen LogP contribution in [0.25, 0.3) is 0 Å². The Kier molecular flexibility index (Phi) is 4.49. The van der Waals surface area contributed by atoms with Crippen LogP contribution < -0.4 is 0 Å². The molecule has 0 radical (unpaired) electrons. The lowest BCUT2D eigenvalue weighted by molar-refractivity contribution is 0.0737. The molecule has 4 heteroatoms. The van der Waals surface area contributed by atoms with E-state index >= 15 is 0 Å². The maximum Gasteiger partial charge on any atom is 0.255 e. The molecular formula is C14H17Br2NO. The maximum atomic E-state index is 12.6. The van der Waals surface area contributed by atoms with Crippen molar-refractivity contribution in [2.75, 3.05) is 11.9 Å². The third kappa shape index (κ3) is 2.64. The quantitative estimate of drug-likeness (QED) is 0.716. The molecule has 1 aliphatic heterocycles. The smallest absolute Gasteiger partial charge is 0.255 e. The van der Waals surface area contributed by atoms with Crippen LogP contribution >= 0.6 is 31.9 Å². The topological polar surface area (TPSA) is 20.3 Å². The largest absolute Gasteiger partial charge is 0.335 e. The van der Waals surface area contributed by atoms with Gasteiger partial charge in [0.15, 0.2) is 0 Å². The first-order valence-corrected chi connectivity index (χ1v) is 8.09. The summed E-state index contributed by atoms with van der Waals surface area (Å²) in [6.07, 6.45) is 1.09. The number of hydrogen-bond acceptors (Lipinski definition) is 1. The fourth-order valence-corrected chi connectivity index (χ4v) is 3.86. The third-order valence-electron chi connectivity index (χ3n) is 3.65. The molecule has 2 atom stereocenters. The number of amides is 1. The van der Waals surface area contributed by atoms with E-state index in [1.165, 1.54) is 0 Å². The van der Waals surface area contributed by atoms with Gasteiger partial charge < -0.3 is 4.90 Å². The first-order valence-electron chi connectivity index (χ1n) is 6.17. The molecule has 2 rings (SSSR count). The normalized spacial score (nSPS) is 23.4. The van der Waals surface area contributed by atoms with Gasteiger partial charge >= 0.3 is 0 Å². The first kappa shape index (κ1) is 14.1. The van der Waals surface area contributed by atoms with Crippen molar-refractivity contribution in [2.45, 2.75) is 26.3 Å². The summed E-state index contributed by atoms with van der Waals surface area (Å²) in [7, 11) is 0. The maximum absolute atomic E-state index is 12.6. The Morgan fingerprint density at radius 1 is 1.50 bits per heavy atom. The van der Waals surface area contributed by atoms with Crippen LogP contribution in [0.5, 0.6) is 0 Å². The molecule has 0 aromatic heterocycles. The number of alkyl halides is 1. The van der Waals surface area contributed by atoms with E-state index in [0.717, 1.165) is 33.9 Å². The van der Waals surface area contributed by atoms with Crippen molar-refractivity contribution in [3.63, 3.8) is 0 Å². The number of carbonyl (C=O) groups excluding carboxylic acids is 1. The molecule has 1 heterocycles. The fraction of sp³-hybridized carbons (Fsp3) is 0.500. The van der Waals surface area contributed by atoms with Crippen molar-refractivity contribution in [1.29, 1.82) is 0 Å². The van der Waals surface area contributed by atoms with Gasteiger partial charge in [-0.15, -0.1) is 0 Å². The molecule has 1 aromatic rings. The summed E-state index contributed by atoms with van der Waals surface area (Å²) in [4.78, 5) is 14.6. The van der Waals surface area contributed by atoms with E-state index in [1.54, 1.807) is 0 Å². The Balaban J connectivity index is 2.28. The molecule has 1 aliphatic rings. The first-order chi connectivity index (χ1) is 8.54. The predicted molar refractivity (Wildman–Crippen MR) is 81.3 cm³/mol. The van der Waals surface area contributed by atoms with Gasteiger partial charge in [0.1, 0.15) is 0 Å². The number of aryl methyl sites for hydroxylation is 1. The standard InChI is InChI=1S/C14H17Br2NO/c1-9-3-4-12(16)11(7-9)14(18)17-6-5-10(2)13(17)8-15/h3-4,7,10,13H,5-6,8H2,1-2H3. The highest BCUT2D eigenvalue weighted by Crippen LogP contribution is 2.29. The highest BCUT2D eigenvalue weighted by Gasteiger charge is 2.34. The lowest BCUT2D eigenvalue weighted by Crippen LogP contribution is -2.38. The number of carbonyl (C=O) groups is 1. The van der Waals surface area contributed by atoms with Crippen molar-refractivity contribution in [2.24, 2.45) is 5.92 Å². The highest BCUT2D eigenvalue weighted by molar-refractivity contribution is 9.10. The van der Waals surface area contributed by atoms with Gasteiger partial charge in [0.25, 0.3) is 5.91 Å². The van der Waals surface area contributed by atoms with Crippen LogP contribution in [0.15, 0.2) is 22.7 Å². The zero-order valence-corrected chi connectivity index (χ0v) is 13.8. The minimum absolute atomic E-state index is 0.138. The lowest BCUT2D eigenvalue weighted by Gasteiger charge is -2.26. The minimum Gasteiger partial charge on any atom is -0.335 e. The van der Waals surface area contributed by atoms with E-state index in [4.69, 9.17) is 0 Å². The van der Waals surface area contributed by atoms with Gasteiger partial charge in [-0.25, -0.2) is 0 Å². The van der Waals surface area contributed by atoms with Gasteiger partial charge in [0.05, 0.1) is 5.56 Å². The van der Waals surface area contributed by atoms with E-state index < -0.39 is 0 Å². The van der Waals surface area contributed by atoms with E-state index in [9.17, 15) is 4.79 Å². The monoisotopic (exact) mass is 373 g/mol. The SMILES string of the molecule is Cc1ccc(Br)c(C(=O)N2CCC(C)C2CBr)c1. The molecular weight excluding hydrogens is 358 g/mol. The number of halogens is 2. The Bertz CT molecular complexity index is 461. The number of rotatable bonds is 2. The van der Waals surface area contributed by atoms with Gasteiger partial charge in [0.2, 0.25) is 0 Å². The molecule has 2 unspecified atom stereocenters. The number of hydrogen-bond donors (Lipinski definition) is 0. The van der Waals surface area contributed by atoms with Crippen LogP contribution in [0.3, 0.4) is 0 Å². The van der Waals surface area contributed by atoms with Crippen LogP contribution in [0.4, 0.5) is 0 Å².